The van der Waals surface area contributed by atoms with Crippen molar-refractivity contribution in [3.8, 4) is 0 Å². The van der Waals surface area contributed by atoms with E-state index in [-0.39, 0.29) is 24.1 Å². The van der Waals surface area contributed by atoms with Crippen LogP contribution in [-0.2, 0) is 11.3 Å². The molecule has 1 saturated heterocycles. The molecule has 0 aliphatic carbocycles. The Hall–Kier alpha value is -3.39. The highest BCUT2D eigenvalue weighted by molar-refractivity contribution is 5.94. The number of pyridine rings is 1. The summed E-state index contributed by atoms with van der Waals surface area (Å²) < 4.78 is 21.8. The summed E-state index contributed by atoms with van der Waals surface area (Å²) in [6.45, 7) is 3.33. The van der Waals surface area contributed by atoms with Gasteiger partial charge >= 0.3 is 0 Å². The Bertz CT molecular complexity index is 1270. The predicted octanol–water partition coefficient (Wildman–Crippen LogP) is 3.55. The van der Waals surface area contributed by atoms with Crippen molar-refractivity contribution in [2.24, 2.45) is 0 Å². The molecule has 1 aliphatic rings. The van der Waals surface area contributed by atoms with Crippen LogP contribution >= 0.6 is 0 Å². The summed E-state index contributed by atoms with van der Waals surface area (Å²) in [7, 11) is 0. The number of aromatic nitrogens is 4. The first-order valence-corrected chi connectivity index (χ1v) is 10.4. The van der Waals surface area contributed by atoms with Crippen molar-refractivity contribution in [2.75, 3.05) is 13.2 Å². The molecule has 0 spiro atoms. The number of tetrazole rings is 1. The van der Waals surface area contributed by atoms with Crippen LogP contribution in [0.25, 0.3) is 16.6 Å². The minimum atomic E-state index is -0.534. The van der Waals surface area contributed by atoms with E-state index >= 15 is 0 Å². The van der Waals surface area contributed by atoms with Gasteiger partial charge in [0.25, 0.3) is 5.91 Å². The van der Waals surface area contributed by atoms with E-state index in [0.717, 1.165) is 34.9 Å². The maximum absolute atomic E-state index is 14.4. The zero-order valence-corrected chi connectivity index (χ0v) is 17.2. The van der Waals surface area contributed by atoms with Gasteiger partial charge in [0.15, 0.2) is 5.65 Å². The molecular weight excluding hydrogens is 397 g/mol. The van der Waals surface area contributed by atoms with E-state index in [1.54, 1.807) is 21.5 Å². The van der Waals surface area contributed by atoms with Gasteiger partial charge in [-0.1, -0.05) is 24.3 Å². The Morgan fingerprint density at radius 2 is 2.13 bits per heavy atom. The molecule has 31 heavy (non-hydrogen) atoms. The lowest BCUT2D eigenvalue weighted by Gasteiger charge is -2.26. The summed E-state index contributed by atoms with van der Waals surface area (Å²) in [6.07, 6.45) is 1.77. The zero-order chi connectivity index (χ0) is 21.4. The van der Waals surface area contributed by atoms with Crippen molar-refractivity contribution in [2.45, 2.75) is 32.4 Å². The van der Waals surface area contributed by atoms with E-state index in [1.807, 2.05) is 31.2 Å². The molecular formula is C23H22FN5O2. The lowest BCUT2D eigenvalue weighted by atomic mass is 10.1. The van der Waals surface area contributed by atoms with Crippen molar-refractivity contribution in [1.29, 1.82) is 0 Å². The molecule has 1 unspecified atom stereocenters. The smallest absolute Gasteiger partial charge is 0.257 e. The van der Waals surface area contributed by atoms with Crippen molar-refractivity contribution in [1.82, 2.24) is 24.9 Å². The number of hydrogen-bond acceptors (Lipinski definition) is 5. The van der Waals surface area contributed by atoms with Gasteiger partial charge in [0, 0.05) is 30.6 Å². The molecule has 158 valence electrons. The Kier molecular flexibility index (Phi) is 5.07. The first-order valence-electron chi connectivity index (χ1n) is 10.4. The monoisotopic (exact) mass is 419 g/mol. The lowest BCUT2D eigenvalue weighted by molar-refractivity contribution is 0.0504. The molecule has 1 atom stereocenters. The maximum Gasteiger partial charge on any atom is 0.257 e. The third-order valence-electron chi connectivity index (χ3n) is 5.70. The van der Waals surface area contributed by atoms with Crippen LogP contribution in [0.4, 0.5) is 4.39 Å². The molecule has 5 rings (SSSR count). The summed E-state index contributed by atoms with van der Waals surface area (Å²) >= 11 is 0. The molecule has 0 N–H and O–H groups in total. The number of ether oxygens (including phenoxy) is 1. The second-order valence-corrected chi connectivity index (χ2v) is 7.95. The number of halogens is 1. The molecule has 1 fully saturated rings. The largest absolute Gasteiger partial charge is 0.376 e. The number of rotatable bonds is 5. The fraction of sp³-hybridized carbons (Fsp3) is 0.304. The molecule has 0 radical (unpaired) electrons. The molecule has 4 aromatic rings. The van der Waals surface area contributed by atoms with Crippen molar-refractivity contribution < 1.29 is 13.9 Å². The van der Waals surface area contributed by atoms with Gasteiger partial charge in [0.1, 0.15) is 5.82 Å². The summed E-state index contributed by atoms with van der Waals surface area (Å²) in [5.74, 6) is -0.906. The van der Waals surface area contributed by atoms with Gasteiger partial charge in [-0.15, -0.1) is 5.10 Å². The van der Waals surface area contributed by atoms with Crippen LogP contribution in [0.2, 0.25) is 0 Å². The van der Waals surface area contributed by atoms with Crippen molar-refractivity contribution in [3.05, 3.63) is 71.0 Å². The Morgan fingerprint density at radius 1 is 1.26 bits per heavy atom. The molecule has 2 aromatic heterocycles. The van der Waals surface area contributed by atoms with Gasteiger partial charge in [0.2, 0.25) is 0 Å². The Balaban J connectivity index is 1.56. The third kappa shape index (κ3) is 3.74. The van der Waals surface area contributed by atoms with Gasteiger partial charge in [-0.05, 0) is 60.0 Å². The number of carbonyl (C=O) groups excluding carboxylic acids is 1. The number of fused-ring (bicyclic) bond motifs is 3. The number of nitrogens with zero attached hydrogens (tertiary/aromatic N) is 5. The van der Waals surface area contributed by atoms with Crippen molar-refractivity contribution in [3.63, 3.8) is 0 Å². The summed E-state index contributed by atoms with van der Waals surface area (Å²) in [5.41, 5.74) is 3.43. The van der Waals surface area contributed by atoms with Gasteiger partial charge < -0.3 is 9.64 Å². The van der Waals surface area contributed by atoms with E-state index in [1.165, 1.54) is 12.1 Å². The van der Waals surface area contributed by atoms with Gasteiger partial charge in [-0.2, -0.15) is 4.52 Å². The number of benzene rings is 2. The van der Waals surface area contributed by atoms with Gasteiger partial charge in [-0.25, -0.2) is 4.39 Å². The minimum Gasteiger partial charge on any atom is -0.376 e. The SMILES string of the molecule is Cc1ccc2cc(CN(CC3CCCO3)C(=O)c3ccccc3F)c3nnnn3c2c1. The fourth-order valence-electron chi connectivity index (χ4n) is 4.14. The van der Waals surface area contributed by atoms with Gasteiger partial charge in [0.05, 0.1) is 17.2 Å². The molecule has 1 aliphatic heterocycles. The first kappa shape index (κ1) is 19.6. The fourth-order valence-corrected chi connectivity index (χ4v) is 4.14. The van der Waals surface area contributed by atoms with Crippen LogP contribution in [0.15, 0.2) is 48.5 Å². The number of carbonyl (C=O) groups is 1. The standard InChI is InChI=1S/C23H22FN5O2/c1-15-8-9-16-12-17(22-25-26-27-29(22)21(16)11-15)13-28(14-18-5-4-10-31-18)23(30)19-6-2-3-7-20(19)24/h2-3,6-9,11-12,18H,4-5,10,13-14H2,1H3. The summed E-state index contributed by atoms with van der Waals surface area (Å²) in [5, 5.41) is 13.1. The normalized spacial score (nSPS) is 16.3. The molecule has 0 bridgehead atoms. The van der Waals surface area contributed by atoms with Crippen LogP contribution in [-0.4, -0.2) is 50.1 Å². The molecule has 8 heteroatoms. The quantitative estimate of drug-likeness (QED) is 0.495. The molecule has 1 amide bonds. The topological polar surface area (TPSA) is 72.6 Å². The van der Waals surface area contributed by atoms with Crippen LogP contribution in [0.3, 0.4) is 0 Å². The predicted molar refractivity (Wildman–Crippen MR) is 113 cm³/mol. The lowest BCUT2D eigenvalue weighted by Crippen LogP contribution is -2.37. The molecule has 3 heterocycles. The molecule has 7 nitrogen and oxygen atoms in total. The van der Waals surface area contributed by atoms with Crippen LogP contribution in [0.5, 0.6) is 0 Å². The Morgan fingerprint density at radius 3 is 2.94 bits per heavy atom. The highest BCUT2D eigenvalue weighted by Gasteiger charge is 2.26. The van der Waals surface area contributed by atoms with E-state index in [2.05, 4.69) is 15.5 Å². The number of hydrogen-bond donors (Lipinski definition) is 0. The van der Waals surface area contributed by atoms with E-state index in [4.69, 9.17) is 4.74 Å². The number of amides is 1. The Labute approximate surface area is 178 Å². The first-order chi connectivity index (χ1) is 15.1. The highest BCUT2D eigenvalue weighted by Crippen LogP contribution is 2.24. The van der Waals surface area contributed by atoms with Crippen LogP contribution in [0.1, 0.15) is 34.3 Å². The summed E-state index contributed by atoms with van der Waals surface area (Å²) in [4.78, 5) is 14.9. The average Bonchev–Trinajstić information content (AvgIpc) is 3.46. The third-order valence-corrected chi connectivity index (χ3v) is 5.70. The second kappa shape index (κ2) is 8.03. The minimum absolute atomic E-state index is 0.0486. The molecule has 0 saturated carbocycles. The number of aryl methyl sites for hydroxylation is 1. The molecule has 2 aromatic carbocycles. The average molecular weight is 419 g/mol. The second-order valence-electron chi connectivity index (χ2n) is 7.95. The van der Waals surface area contributed by atoms with Gasteiger partial charge in [-0.3, -0.25) is 4.79 Å². The van der Waals surface area contributed by atoms with E-state index in [9.17, 15) is 9.18 Å². The van der Waals surface area contributed by atoms with E-state index < -0.39 is 5.82 Å². The van der Waals surface area contributed by atoms with Crippen LogP contribution < -0.4 is 0 Å². The summed E-state index contributed by atoms with van der Waals surface area (Å²) in [6, 6.07) is 14.1. The van der Waals surface area contributed by atoms with Crippen molar-refractivity contribution >= 4 is 22.5 Å². The highest BCUT2D eigenvalue weighted by atomic mass is 19.1. The zero-order valence-electron chi connectivity index (χ0n) is 17.2. The van der Waals surface area contributed by atoms with Crippen LogP contribution in [0, 0.1) is 12.7 Å². The van der Waals surface area contributed by atoms with E-state index in [0.29, 0.717) is 18.8 Å². The maximum atomic E-state index is 14.4.